The van der Waals surface area contributed by atoms with Gasteiger partial charge in [-0.15, -0.1) is 0 Å². The second-order valence-corrected chi connectivity index (χ2v) is 12.9. The van der Waals surface area contributed by atoms with Gasteiger partial charge in [-0.2, -0.15) is 0 Å². The van der Waals surface area contributed by atoms with E-state index in [-0.39, 0.29) is 35.2 Å². The molecule has 3 N–H and O–H groups in total. The number of nitrogens with one attached hydrogen (secondary N) is 1. The summed E-state index contributed by atoms with van der Waals surface area (Å²) in [6.45, 7) is 0. The monoisotopic (exact) mass is 478 g/mol. The van der Waals surface area contributed by atoms with Crippen LogP contribution in [0.1, 0.15) is 75.8 Å². The summed E-state index contributed by atoms with van der Waals surface area (Å²) in [5.74, 6) is 3.84. The molecule has 8 heteroatoms. The smallest absolute Gasteiger partial charge is 0.181 e. The first-order valence-electron chi connectivity index (χ1n) is 13.9. The standard InChI is InChI=1S/C27H34N4O4/c32-24(33)22-21-17(25(35-21)5-2-1-3-6-25)20(34-22)16-4-7-28-19-18(16)29-12-30-23(19)31-26-10-14-8-13-9-15(11-26)27(13,14)26/h7,12-17,20-22,24,32-33H,1-6,8-11H2,(H,29,30,31). The molecular formula is C27H34N4O4. The van der Waals surface area contributed by atoms with E-state index in [1.165, 1.54) is 32.1 Å². The number of hydrogen-bond acceptors (Lipinski definition) is 8. The Kier molecular flexibility index (Phi) is 3.76. The SMILES string of the molecule is OC(O)C1OC(C2CC=Nc3c(NC45CC6CC7CC(C4)C765)ncnc32)C2C1OC21CCCCC1. The van der Waals surface area contributed by atoms with E-state index in [0.717, 1.165) is 67.1 Å². The van der Waals surface area contributed by atoms with Gasteiger partial charge in [-0.1, -0.05) is 19.3 Å². The van der Waals surface area contributed by atoms with Crippen molar-refractivity contribution in [1.29, 1.82) is 0 Å². The van der Waals surface area contributed by atoms with Gasteiger partial charge >= 0.3 is 0 Å². The van der Waals surface area contributed by atoms with Crippen LogP contribution in [0.15, 0.2) is 11.3 Å². The minimum absolute atomic E-state index is 0.0177. The van der Waals surface area contributed by atoms with E-state index in [1.807, 2.05) is 6.21 Å². The van der Waals surface area contributed by atoms with Crippen molar-refractivity contribution in [3.05, 3.63) is 12.0 Å². The lowest BCUT2D eigenvalue weighted by molar-refractivity contribution is -0.379. The first-order valence-corrected chi connectivity index (χ1v) is 13.9. The third-order valence-electron chi connectivity index (χ3n) is 12.0. The molecule has 3 aliphatic heterocycles. The highest BCUT2D eigenvalue weighted by molar-refractivity contribution is 5.77. The molecular weight excluding hydrogens is 444 g/mol. The van der Waals surface area contributed by atoms with E-state index in [1.54, 1.807) is 6.33 Å². The number of hydrogen-bond donors (Lipinski definition) is 3. The van der Waals surface area contributed by atoms with Gasteiger partial charge in [-0.25, -0.2) is 9.97 Å². The minimum atomic E-state index is -1.54. The Hall–Kier alpha value is -1.61. The Balaban J connectivity index is 1.05. The molecule has 7 fully saturated rings. The van der Waals surface area contributed by atoms with Gasteiger partial charge in [0.2, 0.25) is 0 Å². The number of aliphatic imine (C=N–C) groups is 1. The fraction of sp³-hybridized carbons (Fsp3) is 0.815. The van der Waals surface area contributed by atoms with Crippen molar-refractivity contribution >= 4 is 17.7 Å². The van der Waals surface area contributed by atoms with Gasteiger partial charge in [0, 0.05) is 29.0 Å². The van der Waals surface area contributed by atoms with E-state index in [9.17, 15) is 10.2 Å². The predicted molar refractivity (Wildman–Crippen MR) is 126 cm³/mol. The summed E-state index contributed by atoms with van der Waals surface area (Å²) in [4.78, 5) is 14.3. The van der Waals surface area contributed by atoms with Gasteiger partial charge < -0.3 is 25.0 Å². The van der Waals surface area contributed by atoms with Crippen molar-refractivity contribution in [3.63, 3.8) is 0 Å². The maximum Gasteiger partial charge on any atom is 0.181 e. The molecule has 2 spiro atoms. The predicted octanol–water partition coefficient (Wildman–Crippen LogP) is 3.06. The first-order chi connectivity index (χ1) is 17.1. The van der Waals surface area contributed by atoms with Crippen molar-refractivity contribution < 1.29 is 19.7 Å². The van der Waals surface area contributed by atoms with E-state index in [4.69, 9.17) is 24.4 Å². The lowest BCUT2D eigenvalue weighted by Gasteiger charge is -2.91. The Bertz CT molecular complexity index is 1110. The summed E-state index contributed by atoms with van der Waals surface area (Å²) in [5, 5.41) is 24.1. The van der Waals surface area contributed by atoms with Crippen LogP contribution in [0, 0.1) is 29.1 Å². The van der Waals surface area contributed by atoms with Crippen molar-refractivity contribution in [3.8, 4) is 0 Å². The average Bonchev–Trinajstić information content (AvgIpc) is 3.14. The number of rotatable bonds is 4. The molecule has 0 amide bonds. The topological polar surface area (TPSA) is 109 Å². The number of anilines is 1. The highest BCUT2D eigenvalue weighted by Crippen LogP contribution is 2.89. The molecule has 1 aromatic heterocycles. The second kappa shape index (κ2) is 6.44. The maximum atomic E-state index is 10.1. The van der Waals surface area contributed by atoms with Crippen LogP contribution < -0.4 is 5.32 Å². The molecule has 8 aliphatic rings. The molecule has 0 radical (unpaired) electrons. The molecule has 0 aromatic carbocycles. The van der Waals surface area contributed by atoms with Crippen LogP contribution in [0.25, 0.3) is 0 Å². The van der Waals surface area contributed by atoms with Crippen molar-refractivity contribution in [1.82, 2.24) is 9.97 Å². The zero-order valence-corrected chi connectivity index (χ0v) is 20.0. The molecule has 5 aliphatic carbocycles. The van der Waals surface area contributed by atoms with Crippen LogP contribution in [0.2, 0.25) is 0 Å². The van der Waals surface area contributed by atoms with Gasteiger partial charge in [-0.3, -0.25) is 4.99 Å². The zero-order valence-electron chi connectivity index (χ0n) is 20.0. The molecule has 1 aromatic rings. The summed E-state index contributed by atoms with van der Waals surface area (Å²) in [6.07, 6.45) is 12.8. The zero-order chi connectivity index (χ0) is 23.2. The number of ether oxygens (including phenoxy) is 2. The summed E-state index contributed by atoms with van der Waals surface area (Å²) in [5.41, 5.74) is 2.40. The molecule has 7 unspecified atom stereocenters. The van der Waals surface area contributed by atoms with Crippen LogP contribution in [0.4, 0.5) is 11.5 Å². The Morgan fingerprint density at radius 1 is 1.00 bits per heavy atom. The number of fused-ring (bicyclic) bond motifs is 3. The molecule has 186 valence electrons. The molecule has 35 heavy (non-hydrogen) atoms. The Labute approximate surface area is 204 Å². The quantitative estimate of drug-likeness (QED) is 0.571. The molecule has 2 saturated heterocycles. The van der Waals surface area contributed by atoms with Gasteiger partial charge in [0.1, 0.15) is 18.1 Å². The third kappa shape index (κ3) is 2.17. The number of aromatic nitrogens is 2. The molecule has 5 saturated carbocycles. The number of aliphatic hydroxyl groups is 2. The van der Waals surface area contributed by atoms with Gasteiger partial charge in [0.15, 0.2) is 12.1 Å². The van der Waals surface area contributed by atoms with Crippen LogP contribution in [0.3, 0.4) is 0 Å². The first kappa shape index (κ1) is 20.4. The molecule has 9 rings (SSSR count). The summed E-state index contributed by atoms with van der Waals surface area (Å²) in [6, 6.07) is 0. The van der Waals surface area contributed by atoms with Crippen molar-refractivity contribution in [2.24, 2.45) is 34.1 Å². The van der Waals surface area contributed by atoms with Crippen LogP contribution in [-0.2, 0) is 9.47 Å². The third-order valence-corrected chi connectivity index (χ3v) is 12.0. The van der Waals surface area contributed by atoms with Gasteiger partial charge in [0.25, 0.3) is 0 Å². The summed E-state index contributed by atoms with van der Waals surface area (Å²) >= 11 is 0. The van der Waals surface area contributed by atoms with Crippen LogP contribution in [0.5, 0.6) is 0 Å². The normalized spacial score (nSPS) is 50.9. The van der Waals surface area contributed by atoms with Crippen LogP contribution >= 0.6 is 0 Å². The van der Waals surface area contributed by atoms with Crippen LogP contribution in [-0.4, -0.2) is 62.1 Å². The highest BCUT2D eigenvalue weighted by atomic mass is 16.6. The Morgan fingerprint density at radius 3 is 2.51 bits per heavy atom. The molecule has 7 atom stereocenters. The maximum absolute atomic E-state index is 10.1. The fourth-order valence-electron chi connectivity index (χ4n) is 10.9. The molecule has 4 heterocycles. The second-order valence-electron chi connectivity index (χ2n) is 12.9. The number of aliphatic hydroxyl groups excluding tert-OH is 1. The molecule has 0 bridgehead atoms. The fourth-order valence-corrected chi connectivity index (χ4v) is 10.9. The minimum Gasteiger partial charge on any atom is -0.368 e. The highest BCUT2D eigenvalue weighted by Gasteiger charge is 2.88. The lowest BCUT2D eigenvalue weighted by atomic mass is 9.15. The van der Waals surface area contributed by atoms with E-state index in [0.29, 0.717) is 5.41 Å². The van der Waals surface area contributed by atoms with Crippen molar-refractivity contribution in [2.45, 2.75) is 106 Å². The van der Waals surface area contributed by atoms with E-state index >= 15 is 0 Å². The molecule has 8 nitrogen and oxygen atoms in total. The van der Waals surface area contributed by atoms with E-state index < -0.39 is 12.4 Å². The van der Waals surface area contributed by atoms with Gasteiger partial charge in [-0.05, 0) is 62.7 Å². The summed E-state index contributed by atoms with van der Waals surface area (Å²) in [7, 11) is 0. The van der Waals surface area contributed by atoms with E-state index in [2.05, 4.69) is 5.32 Å². The van der Waals surface area contributed by atoms with Gasteiger partial charge in [0.05, 0.1) is 23.5 Å². The largest absolute Gasteiger partial charge is 0.368 e. The average molecular weight is 479 g/mol. The lowest BCUT2D eigenvalue weighted by Crippen LogP contribution is -2.91. The summed E-state index contributed by atoms with van der Waals surface area (Å²) < 4.78 is 12.9. The van der Waals surface area contributed by atoms with Crippen molar-refractivity contribution in [2.75, 3.05) is 5.32 Å². The Morgan fingerprint density at radius 2 is 1.80 bits per heavy atom. The number of nitrogens with zero attached hydrogens (tertiary/aromatic N) is 3.